The summed E-state index contributed by atoms with van der Waals surface area (Å²) in [5.41, 5.74) is 10.6. The summed E-state index contributed by atoms with van der Waals surface area (Å²) in [5, 5.41) is 8.65. The van der Waals surface area contributed by atoms with E-state index in [4.69, 9.17) is 16.6 Å². The maximum Gasteiger partial charge on any atom is 0.574 e. The van der Waals surface area contributed by atoms with Crippen molar-refractivity contribution in [2.45, 2.75) is 19.3 Å². The van der Waals surface area contributed by atoms with E-state index in [1.54, 1.807) is 0 Å². The normalized spacial score (nSPS) is 11.3. The molecule has 0 aliphatic carbocycles. The second-order valence-corrected chi connectivity index (χ2v) is 3.30. The number of hydrogen-bond donors (Lipinski definition) is 3. The van der Waals surface area contributed by atoms with E-state index in [1.807, 2.05) is 0 Å². The third-order valence-electron chi connectivity index (χ3n) is 2.04. The first-order valence-corrected chi connectivity index (χ1v) is 4.68. The summed E-state index contributed by atoms with van der Waals surface area (Å²) in [6.45, 7) is -0.217. The third kappa shape index (κ3) is 3.48. The third-order valence-corrected chi connectivity index (χ3v) is 2.04. The van der Waals surface area contributed by atoms with Gasteiger partial charge in [0.15, 0.2) is 0 Å². The van der Waals surface area contributed by atoms with Gasteiger partial charge in [-0.15, -0.1) is 13.2 Å². The summed E-state index contributed by atoms with van der Waals surface area (Å²) in [6.07, 6.45) is -4.74. The summed E-state index contributed by atoms with van der Waals surface area (Å²) in [5.74, 6) is -2.19. The Morgan fingerprint density at radius 1 is 1.44 bits per heavy atom. The summed E-state index contributed by atoms with van der Waals surface area (Å²) in [4.78, 5) is 14.0. The topological polar surface area (TPSA) is 111 Å². The van der Waals surface area contributed by atoms with E-state index < -0.39 is 24.6 Å². The molecule has 0 fully saturated rings. The van der Waals surface area contributed by atoms with Crippen LogP contribution in [0.3, 0.4) is 0 Å². The van der Waals surface area contributed by atoms with Gasteiger partial charge < -0.3 is 21.3 Å². The number of aliphatic carboxylic acids is 1. The maximum absolute atomic E-state index is 12.1. The lowest BCUT2D eigenvalue weighted by Crippen LogP contribution is -2.21. The molecule has 5 N–H and O–H groups in total. The molecule has 0 saturated heterocycles. The van der Waals surface area contributed by atoms with E-state index in [9.17, 15) is 18.0 Å². The molecule has 0 aromatic carbocycles. The molecule has 1 aromatic heterocycles. The number of rotatable bonds is 4. The molecule has 0 radical (unpaired) electrons. The SMILES string of the molecule is NCc1c(N)cnc(OC(F)(F)F)c1CC(=O)O. The predicted molar refractivity (Wildman–Crippen MR) is 54.6 cm³/mol. The number of nitrogen functional groups attached to an aromatic ring is 1. The fourth-order valence-electron chi connectivity index (χ4n) is 1.36. The van der Waals surface area contributed by atoms with Crippen LogP contribution in [-0.2, 0) is 17.8 Å². The van der Waals surface area contributed by atoms with E-state index in [0.717, 1.165) is 6.20 Å². The number of nitrogens with two attached hydrogens (primary N) is 2. The van der Waals surface area contributed by atoms with Gasteiger partial charge in [-0.2, -0.15) is 0 Å². The number of carboxylic acids is 1. The number of aromatic nitrogens is 1. The first-order valence-electron chi connectivity index (χ1n) is 4.68. The molecule has 0 saturated carbocycles. The number of carboxylic acid groups (broad SMARTS) is 1. The summed E-state index contributed by atoms with van der Waals surface area (Å²) in [6, 6.07) is 0. The van der Waals surface area contributed by atoms with Crippen molar-refractivity contribution in [1.29, 1.82) is 0 Å². The molecule has 6 nitrogen and oxygen atoms in total. The molecule has 0 amide bonds. The van der Waals surface area contributed by atoms with Crippen LogP contribution < -0.4 is 16.2 Å². The minimum atomic E-state index is -4.97. The van der Waals surface area contributed by atoms with Crippen molar-refractivity contribution in [3.63, 3.8) is 0 Å². The van der Waals surface area contributed by atoms with Crippen LogP contribution in [0.1, 0.15) is 11.1 Å². The van der Waals surface area contributed by atoms with Gasteiger partial charge >= 0.3 is 12.3 Å². The Labute approximate surface area is 99.4 Å². The van der Waals surface area contributed by atoms with E-state index >= 15 is 0 Å². The van der Waals surface area contributed by atoms with Gasteiger partial charge in [-0.3, -0.25) is 4.79 Å². The van der Waals surface area contributed by atoms with Gasteiger partial charge in [0.2, 0.25) is 5.88 Å². The molecular weight excluding hydrogens is 255 g/mol. The van der Waals surface area contributed by atoms with E-state index in [-0.39, 0.29) is 23.4 Å². The highest BCUT2D eigenvalue weighted by atomic mass is 19.4. The average molecular weight is 265 g/mol. The zero-order valence-corrected chi connectivity index (χ0v) is 8.99. The fourth-order valence-corrected chi connectivity index (χ4v) is 1.36. The second kappa shape index (κ2) is 5.08. The zero-order chi connectivity index (χ0) is 13.9. The van der Waals surface area contributed by atoms with Crippen molar-refractivity contribution < 1.29 is 27.8 Å². The summed E-state index contributed by atoms with van der Waals surface area (Å²) >= 11 is 0. The highest BCUT2D eigenvalue weighted by Crippen LogP contribution is 2.29. The van der Waals surface area contributed by atoms with Crippen molar-refractivity contribution in [3.05, 3.63) is 17.3 Å². The minimum absolute atomic E-state index is 0.0169. The van der Waals surface area contributed by atoms with Gasteiger partial charge in [0.05, 0.1) is 18.3 Å². The average Bonchev–Trinajstić information content (AvgIpc) is 2.20. The number of hydrogen-bond acceptors (Lipinski definition) is 5. The van der Waals surface area contributed by atoms with E-state index in [1.165, 1.54) is 0 Å². The molecular formula is C9H10F3N3O3. The van der Waals surface area contributed by atoms with Crippen LogP contribution in [0.25, 0.3) is 0 Å². The Kier molecular flexibility index (Phi) is 3.96. The second-order valence-electron chi connectivity index (χ2n) is 3.30. The van der Waals surface area contributed by atoms with Crippen molar-refractivity contribution in [3.8, 4) is 5.88 Å². The standard InChI is InChI=1S/C9H10F3N3O3/c10-9(11,12)18-8-4(1-7(16)17)5(2-13)6(14)3-15-8/h3H,1-2,13-14H2,(H,16,17). The molecule has 0 atom stereocenters. The minimum Gasteiger partial charge on any atom is -0.481 e. The monoisotopic (exact) mass is 265 g/mol. The molecule has 0 aliphatic rings. The number of halogens is 3. The molecule has 0 bridgehead atoms. The van der Waals surface area contributed by atoms with E-state index in [2.05, 4.69) is 9.72 Å². The van der Waals surface area contributed by atoms with Gasteiger partial charge in [-0.05, 0) is 5.56 Å². The first kappa shape index (κ1) is 14.0. The number of pyridine rings is 1. The Morgan fingerprint density at radius 3 is 2.50 bits per heavy atom. The summed E-state index contributed by atoms with van der Waals surface area (Å²) < 4.78 is 40.0. The van der Waals surface area contributed by atoms with Crippen LogP contribution in [0.2, 0.25) is 0 Å². The molecule has 1 heterocycles. The van der Waals surface area contributed by atoms with Gasteiger partial charge in [0, 0.05) is 12.1 Å². The molecule has 1 rings (SSSR count). The van der Waals surface area contributed by atoms with Crippen LogP contribution in [0.15, 0.2) is 6.20 Å². The smallest absolute Gasteiger partial charge is 0.481 e. The Balaban J connectivity index is 3.28. The highest BCUT2D eigenvalue weighted by Gasteiger charge is 2.33. The van der Waals surface area contributed by atoms with Gasteiger partial charge in [-0.25, -0.2) is 4.98 Å². The maximum atomic E-state index is 12.1. The predicted octanol–water partition coefficient (Wildman–Crippen LogP) is 0.648. The van der Waals surface area contributed by atoms with Crippen molar-refractivity contribution in [2.75, 3.05) is 5.73 Å². The molecule has 18 heavy (non-hydrogen) atoms. The Morgan fingerprint density at radius 2 is 2.06 bits per heavy atom. The molecule has 100 valence electrons. The lowest BCUT2D eigenvalue weighted by Gasteiger charge is -2.15. The molecule has 0 unspecified atom stereocenters. The molecule has 0 aliphatic heterocycles. The molecule has 0 spiro atoms. The molecule has 9 heteroatoms. The number of alkyl halides is 3. The van der Waals surface area contributed by atoms with Crippen LogP contribution in [0.4, 0.5) is 18.9 Å². The Bertz CT molecular complexity index is 462. The van der Waals surface area contributed by atoms with Crippen molar-refractivity contribution >= 4 is 11.7 Å². The number of nitrogens with zero attached hydrogens (tertiary/aromatic N) is 1. The molecule has 1 aromatic rings. The van der Waals surface area contributed by atoms with Crippen LogP contribution in [0, 0.1) is 0 Å². The van der Waals surface area contributed by atoms with Gasteiger partial charge in [0.1, 0.15) is 0 Å². The number of carbonyl (C=O) groups is 1. The highest BCUT2D eigenvalue weighted by molar-refractivity contribution is 5.73. The van der Waals surface area contributed by atoms with Crippen molar-refractivity contribution in [2.24, 2.45) is 5.73 Å². The van der Waals surface area contributed by atoms with Crippen LogP contribution >= 0.6 is 0 Å². The van der Waals surface area contributed by atoms with Gasteiger partial charge in [0.25, 0.3) is 0 Å². The fraction of sp³-hybridized carbons (Fsp3) is 0.333. The van der Waals surface area contributed by atoms with Crippen LogP contribution in [0.5, 0.6) is 5.88 Å². The van der Waals surface area contributed by atoms with Gasteiger partial charge in [-0.1, -0.05) is 0 Å². The first-order chi connectivity index (χ1) is 8.24. The number of ether oxygens (including phenoxy) is 1. The Hall–Kier alpha value is -2.03. The lowest BCUT2D eigenvalue weighted by atomic mass is 10.1. The largest absolute Gasteiger partial charge is 0.574 e. The van der Waals surface area contributed by atoms with Crippen molar-refractivity contribution in [1.82, 2.24) is 4.98 Å². The summed E-state index contributed by atoms with van der Waals surface area (Å²) in [7, 11) is 0. The number of anilines is 1. The quantitative estimate of drug-likeness (QED) is 0.736. The van der Waals surface area contributed by atoms with Crippen LogP contribution in [-0.4, -0.2) is 22.4 Å². The lowest BCUT2D eigenvalue weighted by molar-refractivity contribution is -0.276. The zero-order valence-electron chi connectivity index (χ0n) is 8.99. The van der Waals surface area contributed by atoms with E-state index in [0.29, 0.717) is 0 Å².